The summed E-state index contributed by atoms with van der Waals surface area (Å²) in [5, 5.41) is 0. The molecule has 0 spiro atoms. The molecule has 2 N–H and O–H groups in total. The molecule has 0 aliphatic carbocycles. The van der Waals surface area contributed by atoms with Gasteiger partial charge in [-0.25, -0.2) is 4.72 Å². The number of hydrogen-bond donors (Lipinski definition) is 2. The van der Waals surface area contributed by atoms with Crippen molar-refractivity contribution >= 4 is 18.2 Å². The number of allylic oxidation sites excluding steroid dienone is 1. The van der Waals surface area contributed by atoms with Gasteiger partial charge in [-0.3, -0.25) is 4.57 Å². The summed E-state index contributed by atoms with van der Waals surface area (Å²) in [5.74, 6) is 0. The molecule has 0 fully saturated rings. The van der Waals surface area contributed by atoms with Crippen molar-refractivity contribution < 1.29 is 17.5 Å². The molecule has 0 rings (SSSR count). The van der Waals surface area contributed by atoms with Crippen LogP contribution in [-0.4, -0.2) is 34.8 Å². The van der Waals surface area contributed by atoms with Gasteiger partial charge in [0.15, 0.2) is 8.03 Å². The first-order valence-electron chi connectivity index (χ1n) is 5.88. The van der Waals surface area contributed by atoms with Gasteiger partial charge in [0.25, 0.3) is 10.2 Å². The third kappa shape index (κ3) is 9.79. The number of rotatable bonds is 10. The minimum absolute atomic E-state index is 0.110. The van der Waals surface area contributed by atoms with Crippen LogP contribution in [0.25, 0.3) is 0 Å². The molecule has 0 radical (unpaired) electrons. The fraction of sp³-hybridized carbons (Fsp3) is 0.800. The van der Waals surface area contributed by atoms with Crippen LogP contribution in [0.3, 0.4) is 0 Å². The zero-order valence-electron chi connectivity index (χ0n) is 11.2. The normalized spacial score (nSPS) is 14.7. The van der Waals surface area contributed by atoms with Crippen LogP contribution in [0.4, 0.5) is 0 Å². The lowest BCUT2D eigenvalue weighted by Gasteiger charge is -2.08. The maximum absolute atomic E-state index is 11.5. The standard InChI is InChI=1S/C10H23N2O4PS/c1-4-5-6-10(2)9-12-18(14,15)11-7-8-17(13)16-3/h6,11-12,17H,4-5,7-9H2,1-3H3/b10-6+. The lowest BCUT2D eigenvalue weighted by Crippen LogP contribution is -2.38. The molecule has 0 aromatic heterocycles. The summed E-state index contributed by atoms with van der Waals surface area (Å²) in [7, 11) is -4.29. The first-order chi connectivity index (χ1) is 8.41. The molecule has 0 amide bonds. The van der Waals surface area contributed by atoms with E-state index in [0.717, 1.165) is 18.4 Å². The van der Waals surface area contributed by atoms with Gasteiger partial charge in [-0.2, -0.15) is 13.1 Å². The molecule has 1 unspecified atom stereocenters. The molecular weight excluding hydrogens is 275 g/mol. The second-order valence-corrected chi connectivity index (χ2v) is 7.12. The number of unbranched alkanes of at least 4 members (excludes halogenated alkanes) is 1. The lowest BCUT2D eigenvalue weighted by atomic mass is 10.2. The Balaban J connectivity index is 3.97. The first-order valence-corrected chi connectivity index (χ1v) is 8.88. The van der Waals surface area contributed by atoms with Crippen LogP contribution in [0.15, 0.2) is 11.6 Å². The average molecular weight is 298 g/mol. The zero-order chi connectivity index (χ0) is 14.0. The Morgan fingerprint density at radius 2 is 2.06 bits per heavy atom. The monoisotopic (exact) mass is 298 g/mol. The lowest BCUT2D eigenvalue weighted by molar-refractivity contribution is 0.414. The van der Waals surface area contributed by atoms with Gasteiger partial charge in [0, 0.05) is 26.4 Å². The van der Waals surface area contributed by atoms with Gasteiger partial charge in [-0.1, -0.05) is 25.0 Å². The summed E-state index contributed by atoms with van der Waals surface area (Å²) in [4.78, 5) is 0. The fourth-order valence-electron chi connectivity index (χ4n) is 1.11. The van der Waals surface area contributed by atoms with Crippen LogP contribution in [0.5, 0.6) is 0 Å². The molecule has 0 aliphatic rings. The Kier molecular flexibility index (Phi) is 9.59. The predicted molar refractivity (Wildman–Crippen MR) is 74.5 cm³/mol. The van der Waals surface area contributed by atoms with Crippen LogP contribution >= 0.6 is 8.03 Å². The SMILES string of the molecule is CCC/C=C(\C)CNS(=O)(=O)NCC[PH](=O)OC. The molecule has 0 bridgehead atoms. The van der Waals surface area contributed by atoms with Gasteiger partial charge >= 0.3 is 0 Å². The Morgan fingerprint density at radius 3 is 2.61 bits per heavy atom. The van der Waals surface area contributed by atoms with Crippen molar-refractivity contribution in [2.24, 2.45) is 0 Å². The molecule has 1 atom stereocenters. The smallest absolute Gasteiger partial charge is 0.277 e. The molecule has 0 aromatic carbocycles. The molecule has 108 valence electrons. The van der Waals surface area contributed by atoms with Crippen molar-refractivity contribution in [1.82, 2.24) is 9.44 Å². The summed E-state index contributed by atoms with van der Waals surface area (Å²) in [6, 6.07) is 0. The summed E-state index contributed by atoms with van der Waals surface area (Å²) in [6.45, 7) is 4.34. The maximum Gasteiger partial charge on any atom is 0.277 e. The maximum atomic E-state index is 11.5. The highest BCUT2D eigenvalue weighted by Gasteiger charge is 2.08. The molecule has 0 heterocycles. The van der Waals surface area contributed by atoms with E-state index in [0.29, 0.717) is 0 Å². The van der Waals surface area contributed by atoms with Crippen molar-refractivity contribution in [2.75, 3.05) is 26.4 Å². The van der Waals surface area contributed by atoms with Crippen molar-refractivity contribution in [3.63, 3.8) is 0 Å². The Bertz CT molecular complexity index is 381. The highest BCUT2D eigenvalue weighted by molar-refractivity contribution is 7.87. The fourth-order valence-corrected chi connectivity index (χ4v) is 2.72. The van der Waals surface area contributed by atoms with E-state index in [-0.39, 0.29) is 19.3 Å². The van der Waals surface area contributed by atoms with Crippen LogP contribution < -0.4 is 9.44 Å². The van der Waals surface area contributed by atoms with Gasteiger partial charge < -0.3 is 4.52 Å². The highest BCUT2D eigenvalue weighted by atomic mass is 32.2. The molecule has 8 heteroatoms. The third-order valence-electron chi connectivity index (χ3n) is 2.17. The zero-order valence-corrected chi connectivity index (χ0v) is 13.0. The second kappa shape index (κ2) is 9.69. The van der Waals surface area contributed by atoms with E-state index in [2.05, 4.69) is 20.9 Å². The van der Waals surface area contributed by atoms with Crippen LogP contribution in [0.1, 0.15) is 26.7 Å². The van der Waals surface area contributed by atoms with E-state index < -0.39 is 18.2 Å². The minimum Gasteiger partial charge on any atom is -0.334 e. The predicted octanol–water partition coefficient (Wildman–Crippen LogP) is 1.28. The highest BCUT2D eigenvalue weighted by Crippen LogP contribution is 2.17. The van der Waals surface area contributed by atoms with E-state index in [9.17, 15) is 13.0 Å². The van der Waals surface area contributed by atoms with E-state index >= 15 is 0 Å². The van der Waals surface area contributed by atoms with Gasteiger partial charge in [0.05, 0.1) is 0 Å². The number of nitrogens with one attached hydrogen (secondary N) is 2. The third-order valence-corrected chi connectivity index (χ3v) is 4.39. The van der Waals surface area contributed by atoms with Crippen molar-refractivity contribution in [3.8, 4) is 0 Å². The summed E-state index contributed by atoms with van der Waals surface area (Å²) < 4.78 is 43.3. The van der Waals surface area contributed by atoms with Gasteiger partial charge in [-0.15, -0.1) is 0 Å². The van der Waals surface area contributed by atoms with Crippen molar-refractivity contribution in [2.45, 2.75) is 26.7 Å². The Labute approximate surface area is 110 Å². The second-order valence-electron chi connectivity index (χ2n) is 3.88. The van der Waals surface area contributed by atoms with Crippen LogP contribution in [0, 0.1) is 0 Å². The van der Waals surface area contributed by atoms with E-state index in [1.807, 2.05) is 13.0 Å². The van der Waals surface area contributed by atoms with E-state index in [4.69, 9.17) is 0 Å². The van der Waals surface area contributed by atoms with Gasteiger partial charge in [0.1, 0.15) is 0 Å². The van der Waals surface area contributed by atoms with Crippen LogP contribution in [0.2, 0.25) is 0 Å². The van der Waals surface area contributed by atoms with Crippen LogP contribution in [-0.2, 0) is 19.3 Å². The Morgan fingerprint density at radius 1 is 1.39 bits per heavy atom. The molecule has 0 aliphatic heterocycles. The van der Waals surface area contributed by atoms with Gasteiger partial charge in [0.2, 0.25) is 0 Å². The average Bonchev–Trinajstić information content (AvgIpc) is 2.33. The summed E-state index contributed by atoms with van der Waals surface area (Å²) in [6.07, 6.45) is 4.18. The summed E-state index contributed by atoms with van der Waals surface area (Å²) >= 11 is 0. The van der Waals surface area contributed by atoms with Crippen molar-refractivity contribution in [1.29, 1.82) is 0 Å². The molecule has 0 saturated carbocycles. The Hall–Kier alpha value is -0.200. The van der Waals surface area contributed by atoms with E-state index in [1.54, 1.807) is 0 Å². The topological polar surface area (TPSA) is 84.5 Å². The quantitative estimate of drug-likeness (QED) is 0.470. The molecule has 6 nitrogen and oxygen atoms in total. The first kappa shape index (κ1) is 17.8. The molecule has 0 aromatic rings. The molecular formula is C10H23N2O4PS. The molecule has 0 saturated heterocycles. The molecule has 18 heavy (non-hydrogen) atoms. The van der Waals surface area contributed by atoms with Crippen molar-refractivity contribution in [3.05, 3.63) is 11.6 Å². The van der Waals surface area contributed by atoms with E-state index in [1.165, 1.54) is 7.11 Å². The largest absolute Gasteiger partial charge is 0.334 e. The van der Waals surface area contributed by atoms with Gasteiger partial charge in [-0.05, 0) is 13.3 Å². The minimum atomic E-state index is -3.52. The number of hydrogen-bond acceptors (Lipinski definition) is 4. The summed E-state index contributed by atoms with van der Waals surface area (Å²) in [5.41, 5.74) is 0.979.